The summed E-state index contributed by atoms with van der Waals surface area (Å²) in [5.41, 5.74) is 0. The smallest absolute Gasteiger partial charge is 0.220 e. The van der Waals surface area contributed by atoms with Crippen molar-refractivity contribution in [2.75, 3.05) is 6.61 Å². The molecule has 0 aromatic heterocycles. The van der Waals surface area contributed by atoms with Gasteiger partial charge in [0.05, 0.1) is 18.8 Å². The molecular weight excluding hydrogens is 578 g/mol. The minimum absolute atomic E-state index is 0.0727. The van der Waals surface area contributed by atoms with Gasteiger partial charge in [-0.2, -0.15) is 0 Å². The lowest BCUT2D eigenvalue weighted by atomic mass is 10.0. The summed E-state index contributed by atoms with van der Waals surface area (Å²) in [7, 11) is 0. The predicted octanol–water partition coefficient (Wildman–Crippen LogP) is 12.2. The third kappa shape index (κ3) is 35.2. The van der Waals surface area contributed by atoms with Gasteiger partial charge < -0.3 is 15.5 Å². The minimum Gasteiger partial charge on any atom is -0.394 e. The zero-order valence-corrected chi connectivity index (χ0v) is 31.0. The van der Waals surface area contributed by atoms with Gasteiger partial charge in [0, 0.05) is 6.42 Å². The summed E-state index contributed by atoms with van der Waals surface area (Å²) in [4.78, 5) is 12.3. The Hall–Kier alpha value is -1.91. The van der Waals surface area contributed by atoms with Crippen molar-refractivity contribution in [2.24, 2.45) is 0 Å². The number of amides is 1. The Kier molecular flexibility index (Phi) is 37.0. The molecule has 0 aromatic rings. The molecule has 2 unspecified atom stereocenters. The maximum atomic E-state index is 12.3. The summed E-state index contributed by atoms with van der Waals surface area (Å²) in [5, 5.41) is 22.9. The fourth-order valence-corrected chi connectivity index (χ4v) is 5.70. The lowest BCUT2D eigenvalue weighted by Crippen LogP contribution is -2.45. The summed E-state index contributed by atoms with van der Waals surface area (Å²) in [6.07, 6.45) is 53.1. The number of carbonyl (C=O) groups is 1. The molecule has 0 fully saturated rings. The molecule has 0 saturated carbocycles. The summed E-state index contributed by atoms with van der Waals surface area (Å²) >= 11 is 0. The Balaban J connectivity index is 3.60. The van der Waals surface area contributed by atoms with E-state index in [1.165, 1.54) is 116 Å². The average molecular weight is 656 g/mol. The standard InChI is InChI=1S/C43H77NO3/c1-3-5-7-9-11-13-15-17-18-19-20-21-22-23-24-25-26-27-29-31-33-35-37-39-43(47)44-41(40-45)42(46)38-36-34-32-30-28-16-14-12-10-8-6-4-2/h5,7,11,13,17-18,20-21,36,38,41-42,45-46H,3-4,6,8-10,12,14-16,19,22-35,37,39-40H2,1-2H3,(H,44,47)/b7-5-,13-11-,18-17-,21-20-,38-36+. The van der Waals surface area contributed by atoms with E-state index >= 15 is 0 Å². The van der Waals surface area contributed by atoms with Crippen LogP contribution in [0, 0.1) is 0 Å². The SMILES string of the molecule is CC/C=C\C/C=C\C/C=C\C/C=C\CCCCCCCCCCCCC(=O)NC(CO)C(O)/C=C/CCCCCCCCCCCC. The van der Waals surface area contributed by atoms with E-state index in [9.17, 15) is 15.0 Å². The van der Waals surface area contributed by atoms with E-state index in [0.29, 0.717) is 6.42 Å². The largest absolute Gasteiger partial charge is 0.394 e. The number of rotatable bonds is 35. The van der Waals surface area contributed by atoms with Gasteiger partial charge in [0.15, 0.2) is 0 Å². The quantitative estimate of drug-likeness (QED) is 0.0470. The molecule has 0 rings (SSSR count). The van der Waals surface area contributed by atoms with Crippen molar-refractivity contribution in [1.29, 1.82) is 0 Å². The van der Waals surface area contributed by atoms with Crippen LogP contribution in [-0.2, 0) is 4.79 Å². The third-order valence-corrected chi connectivity index (χ3v) is 8.76. The second kappa shape index (κ2) is 38.5. The van der Waals surface area contributed by atoms with Crippen molar-refractivity contribution < 1.29 is 15.0 Å². The molecule has 1 amide bonds. The molecule has 47 heavy (non-hydrogen) atoms. The van der Waals surface area contributed by atoms with Crippen LogP contribution in [0.15, 0.2) is 60.8 Å². The molecule has 0 spiro atoms. The Morgan fingerprint density at radius 2 is 0.936 bits per heavy atom. The lowest BCUT2D eigenvalue weighted by molar-refractivity contribution is -0.123. The second-order valence-corrected chi connectivity index (χ2v) is 13.3. The number of aliphatic hydroxyl groups excluding tert-OH is 2. The van der Waals surface area contributed by atoms with Crippen molar-refractivity contribution in [3.8, 4) is 0 Å². The maximum Gasteiger partial charge on any atom is 0.220 e. The number of aliphatic hydroxyl groups is 2. The van der Waals surface area contributed by atoms with Gasteiger partial charge in [0.2, 0.25) is 5.91 Å². The fourth-order valence-electron chi connectivity index (χ4n) is 5.70. The Morgan fingerprint density at radius 1 is 0.532 bits per heavy atom. The first-order valence-corrected chi connectivity index (χ1v) is 20.0. The first-order chi connectivity index (χ1) is 23.2. The summed E-state index contributed by atoms with van der Waals surface area (Å²) in [6.45, 7) is 4.17. The van der Waals surface area contributed by atoms with Crippen LogP contribution in [0.25, 0.3) is 0 Å². The number of unbranched alkanes of at least 4 members (excludes halogenated alkanes) is 20. The Morgan fingerprint density at radius 3 is 1.40 bits per heavy atom. The van der Waals surface area contributed by atoms with Crippen LogP contribution in [0.2, 0.25) is 0 Å². The monoisotopic (exact) mass is 656 g/mol. The van der Waals surface area contributed by atoms with Gasteiger partial charge in [-0.15, -0.1) is 0 Å². The van der Waals surface area contributed by atoms with Crippen LogP contribution in [0.1, 0.15) is 187 Å². The molecule has 0 aliphatic carbocycles. The van der Waals surface area contributed by atoms with E-state index in [1.807, 2.05) is 6.08 Å². The van der Waals surface area contributed by atoms with Gasteiger partial charge >= 0.3 is 0 Å². The molecule has 0 radical (unpaired) electrons. The predicted molar refractivity (Wildman–Crippen MR) is 207 cm³/mol. The van der Waals surface area contributed by atoms with E-state index in [4.69, 9.17) is 0 Å². The highest BCUT2D eigenvalue weighted by Gasteiger charge is 2.17. The topological polar surface area (TPSA) is 69.6 Å². The van der Waals surface area contributed by atoms with Gasteiger partial charge in [-0.25, -0.2) is 0 Å². The average Bonchev–Trinajstić information content (AvgIpc) is 3.07. The zero-order chi connectivity index (χ0) is 34.3. The molecule has 2 atom stereocenters. The van der Waals surface area contributed by atoms with Crippen LogP contribution in [-0.4, -0.2) is 34.9 Å². The fraction of sp³-hybridized carbons (Fsp3) is 0.744. The van der Waals surface area contributed by atoms with Crippen molar-refractivity contribution in [3.05, 3.63) is 60.8 Å². The van der Waals surface area contributed by atoms with Crippen molar-refractivity contribution in [2.45, 2.75) is 199 Å². The Labute approximate surface area is 292 Å². The van der Waals surface area contributed by atoms with E-state index in [1.54, 1.807) is 6.08 Å². The first kappa shape index (κ1) is 45.1. The third-order valence-electron chi connectivity index (χ3n) is 8.76. The molecule has 0 aliphatic rings. The number of carbonyl (C=O) groups excluding carboxylic acids is 1. The Bertz CT molecular complexity index is 797. The van der Waals surface area contributed by atoms with Crippen LogP contribution in [0.3, 0.4) is 0 Å². The van der Waals surface area contributed by atoms with E-state index in [2.05, 4.69) is 67.8 Å². The van der Waals surface area contributed by atoms with Crippen LogP contribution in [0.4, 0.5) is 0 Å². The van der Waals surface area contributed by atoms with Gasteiger partial charge in [-0.3, -0.25) is 4.79 Å². The van der Waals surface area contributed by atoms with Crippen LogP contribution in [0.5, 0.6) is 0 Å². The van der Waals surface area contributed by atoms with Gasteiger partial charge in [-0.1, -0.05) is 184 Å². The molecule has 4 heteroatoms. The van der Waals surface area contributed by atoms with Gasteiger partial charge in [-0.05, 0) is 57.8 Å². The molecule has 3 N–H and O–H groups in total. The van der Waals surface area contributed by atoms with Crippen LogP contribution >= 0.6 is 0 Å². The number of hydrogen-bond acceptors (Lipinski definition) is 3. The van der Waals surface area contributed by atoms with E-state index < -0.39 is 12.1 Å². The van der Waals surface area contributed by atoms with Crippen molar-refractivity contribution >= 4 is 5.91 Å². The maximum absolute atomic E-state index is 12.3. The highest BCUT2D eigenvalue weighted by Crippen LogP contribution is 2.14. The molecule has 0 bridgehead atoms. The summed E-state index contributed by atoms with van der Waals surface area (Å²) in [6, 6.07) is -0.625. The van der Waals surface area contributed by atoms with Crippen LogP contribution < -0.4 is 5.32 Å². The molecule has 272 valence electrons. The zero-order valence-electron chi connectivity index (χ0n) is 31.0. The summed E-state index contributed by atoms with van der Waals surface area (Å²) in [5.74, 6) is -0.0727. The number of hydrogen-bond donors (Lipinski definition) is 3. The molecule has 0 aromatic carbocycles. The van der Waals surface area contributed by atoms with Crippen molar-refractivity contribution in [1.82, 2.24) is 5.32 Å². The molecular formula is C43H77NO3. The molecule has 0 saturated heterocycles. The molecule has 0 aliphatic heterocycles. The first-order valence-electron chi connectivity index (χ1n) is 20.0. The lowest BCUT2D eigenvalue weighted by Gasteiger charge is -2.20. The van der Waals surface area contributed by atoms with E-state index in [0.717, 1.165) is 51.4 Å². The van der Waals surface area contributed by atoms with Gasteiger partial charge in [0.25, 0.3) is 0 Å². The van der Waals surface area contributed by atoms with E-state index in [-0.39, 0.29) is 12.5 Å². The minimum atomic E-state index is -0.841. The molecule has 4 nitrogen and oxygen atoms in total. The van der Waals surface area contributed by atoms with Gasteiger partial charge in [0.1, 0.15) is 0 Å². The highest BCUT2D eigenvalue weighted by atomic mass is 16.3. The normalized spacial score (nSPS) is 13.7. The number of allylic oxidation sites excluding steroid dienone is 9. The van der Waals surface area contributed by atoms with Crippen molar-refractivity contribution in [3.63, 3.8) is 0 Å². The second-order valence-electron chi connectivity index (χ2n) is 13.3. The summed E-state index contributed by atoms with van der Waals surface area (Å²) < 4.78 is 0. The number of nitrogens with one attached hydrogen (secondary N) is 1. The highest BCUT2D eigenvalue weighted by molar-refractivity contribution is 5.76. The molecule has 0 heterocycles.